The molecule has 1 saturated heterocycles. The summed E-state index contributed by atoms with van der Waals surface area (Å²) in [5.74, 6) is -0.486. The van der Waals surface area contributed by atoms with E-state index >= 15 is 0 Å². The number of fused-ring (bicyclic) bond motifs is 1. The lowest BCUT2D eigenvalue weighted by molar-refractivity contribution is -0.122. The Kier molecular flexibility index (Phi) is 7.67. The Morgan fingerprint density at radius 1 is 1.05 bits per heavy atom. The van der Waals surface area contributed by atoms with Crippen LogP contribution in [0.25, 0.3) is 17.0 Å². The smallest absolute Gasteiger partial charge is 0.338 e. The van der Waals surface area contributed by atoms with Gasteiger partial charge < -0.3 is 9.30 Å². The Hall–Kier alpha value is -3.81. The van der Waals surface area contributed by atoms with Gasteiger partial charge in [0, 0.05) is 40.8 Å². The van der Waals surface area contributed by atoms with Gasteiger partial charge in [0.05, 0.1) is 22.8 Å². The fourth-order valence-corrected chi connectivity index (χ4v) is 5.53. The second-order valence-corrected chi connectivity index (χ2v) is 10.1. The molecule has 4 aromatic rings. The van der Waals surface area contributed by atoms with Gasteiger partial charge in [-0.3, -0.25) is 9.69 Å². The number of benzene rings is 3. The maximum absolute atomic E-state index is 13.3. The van der Waals surface area contributed by atoms with Crippen molar-refractivity contribution < 1.29 is 14.3 Å². The molecule has 6 nitrogen and oxygen atoms in total. The van der Waals surface area contributed by atoms with Crippen LogP contribution in [0.3, 0.4) is 0 Å². The van der Waals surface area contributed by atoms with Gasteiger partial charge in [0.2, 0.25) is 0 Å². The van der Waals surface area contributed by atoms with Crippen LogP contribution in [0.1, 0.15) is 35.3 Å². The fraction of sp³-hybridized carbons (Fsp3) is 0.167. The summed E-state index contributed by atoms with van der Waals surface area (Å²) in [4.78, 5) is 32.4. The molecule has 1 aliphatic heterocycles. The van der Waals surface area contributed by atoms with Crippen LogP contribution in [-0.2, 0) is 16.1 Å². The van der Waals surface area contributed by atoms with Crippen LogP contribution in [-0.4, -0.2) is 39.7 Å². The monoisotopic (exact) mass is 543 g/mol. The standard InChI is InChI=1S/C30H26ClN3O3S/c1-3-34-28(35)27(38-30(34)32-24-9-7-8-21(16-24)29(36)37-4-2)17-22-19-33(26-11-6-5-10-25(22)26)18-20-12-14-23(31)15-13-20/h5-17,19H,3-4,18H2,1-2H3. The predicted molar refractivity (Wildman–Crippen MR) is 155 cm³/mol. The molecule has 2 heterocycles. The van der Waals surface area contributed by atoms with Crippen molar-refractivity contribution in [3.8, 4) is 0 Å². The van der Waals surface area contributed by atoms with Crippen molar-refractivity contribution >= 4 is 63.1 Å². The maximum Gasteiger partial charge on any atom is 0.338 e. The van der Waals surface area contributed by atoms with Crippen LogP contribution in [0.15, 0.2) is 88.9 Å². The highest BCUT2D eigenvalue weighted by molar-refractivity contribution is 8.18. The summed E-state index contributed by atoms with van der Waals surface area (Å²) in [6, 6.07) is 22.9. The third kappa shape index (κ3) is 5.39. The topological polar surface area (TPSA) is 63.9 Å². The van der Waals surface area contributed by atoms with E-state index in [4.69, 9.17) is 21.3 Å². The third-order valence-corrected chi connectivity index (χ3v) is 7.42. The molecule has 8 heteroatoms. The molecular formula is C30H26ClN3O3S. The largest absolute Gasteiger partial charge is 0.462 e. The third-order valence-electron chi connectivity index (χ3n) is 6.16. The molecule has 3 aromatic carbocycles. The first-order valence-electron chi connectivity index (χ1n) is 12.4. The molecule has 0 saturated carbocycles. The van der Waals surface area contributed by atoms with E-state index in [1.807, 2.05) is 49.4 Å². The van der Waals surface area contributed by atoms with Gasteiger partial charge in [-0.05, 0) is 73.6 Å². The normalized spacial score (nSPS) is 15.7. The van der Waals surface area contributed by atoms with Crippen molar-refractivity contribution in [3.05, 3.63) is 106 Å². The van der Waals surface area contributed by atoms with Crippen LogP contribution in [0.2, 0.25) is 5.02 Å². The summed E-state index contributed by atoms with van der Waals surface area (Å²) in [5.41, 5.74) is 4.20. The lowest BCUT2D eigenvalue weighted by Gasteiger charge is -2.12. The number of amides is 1. The lowest BCUT2D eigenvalue weighted by atomic mass is 10.1. The van der Waals surface area contributed by atoms with E-state index in [1.54, 1.807) is 36.1 Å². The molecule has 1 aromatic heterocycles. The molecule has 1 fully saturated rings. The minimum Gasteiger partial charge on any atom is -0.462 e. The van der Waals surface area contributed by atoms with Gasteiger partial charge >= 0.3 is 5.97 Å². The average Bonchev–Trinajstić information content (AvgIpc) is 3.42. The van der Waals surface area contributed by atoms with Gasteiger partial charge in [-0.1, -0.05) is 48.0 Å². The van der Waals surface area contributed by atoms with Crippen molar-refractivity contribution in [2.45, 2.75) is 20.4 Å². The number of hydrogen-bond donors (Lipinski definition) is 0. The number of halogens is 1. The molecule has 0 bridgehead atoms. The van der Waals surface area contributed by atoms with Crippen LogP contribution < -0.4 is 0 Å². The lowest BCUT2D eigenvalue weighted by Crippen LogP contribution is -2.28. The number of aliphatic imine (C=N–C) groups is 1. The summed E-state index contributed by atoms with van der Waals surface area (Å²) < 4.78 is 7.28. The predicted octanol–water partition coefficient (Wildman–Crippen LogP) is 7.14. The van der Waals surface area contributed by atoms with Gasteiger partial charge in [-0.25, -0.2) is 9.79 Å². The van der Waals surface area contributed by atoms with Crippen LogP contribution in [0.4, 0.5) is 5.69 Å². The first kappa shape index (κ1) is 25.8. The van der Waals surface area contributed by atoms with E-state index in [1.165, 1.54) is 11.8 Å². The van der Waals surface area contributed by atoms with Crippen molar-refractivity contribution in [3.63, 3.8) is 0 Å². The number of carbonyl (C=O) groups is 2. The van der Waals surface area contributed by atoms with Crippen molar-refractivity contribution in [1.82, 2.24) is 9.47 Å². The van der Waals surface area contributed by atoms with Gasteiger partial charge in [-0.2, -0.15) is 0 Å². The van der Waals surface area contributed by atoms with Gasteiger partial charge in [-0.15, -0.1) is 0 Å². The second kappa shape index (κ2) is 11.3. The first-order chi connectivity index (χ1) is 18.5. The van der Waals surface area contributed by atoms with E-state index in [2.05, 4.69) is 22.9 Å². The van der Waals surface area contributed by atoms with Crippen molar-refractivity contribution in [2.24, 2.45) is 4.99 Å². The second-order valence-electron chi connectivity index (χ2n) is 8.68. The number of rotatable bonds is 7. The molecule has 1 amide bonds. The minimum atomic E-state index is -0.396. The summed E-state index contributed by atoms with van der Waals surface area (Å²) >= 11 is 7.40. The number of para-hydroxylation sites is 1. The highest BCUT2D eigenvalue weighted by Gasteiger charge is 2.32. The van der Waals surface area contributed by atoms with Gasteiger partial charge in [0.1, 0.15) is 0 Å². The highest BCUT2D eigenvalue weighted by atomic mass is 35.5. The number of aromatic nitrogens is 1. The van der Waals surface area contributed by atoms with E-state index < -0.39 is 5.97 Å². The van der Waals surface area contributed by atoms with E-state index in [0.717, 1.165) is 22.0 Å². The number of likely N-dealkylation sites (N-methyl/N-ethyl adjacent to an activating group) is 1. The molecular weight excluding hydrogens is 518 g/mol. The van der Waals surface area contributed by atoms with Crippen molar-refractivity contribution in [2.75, 3.05) is 13.2 Å². The summed E-state index contributed by atoms with van der Waals surface area (Å²) in [7, 11) is 0. The van der Waals surface area contributed by atoms with Gasteiger partial charge in [0.15, 0.2) is 5.17 Å². The first-order valence-corrected chi connectivity index (χ1v) is 13.6. The molecule has 0 unspecified atom stereocenters. The summed E-state index contributed by atoms with van der Waals surface area (Å²) in [5, 5.41) is 2.35. The summed E-state index contributed by atoms with van der Waals surface area (Å²) in [6.07, 6.45) is 4.02. The van der Waals surface area contributed by atoms with Crippen LogP contribution in [0, 0.1) is 0 Å². The highest BCUT2D eigenvalue weighted by Crippen LogP contribution is 2.36. The van der Waals surface area contributed by atoms with E-state index in [9.17, 15) is 9.59 Å². The minimum absolute atomic E-state index is 0.0904. The number of hydrogen-bond acceptors (Lipinski definition) is 5. The zero-order valence-electron chi connectivity index (χ0n) is 21.1. The Bertz CT molecular complexity index is 1570. The number of nitrogens with zero attached hydrogens (tertiary/aromatic N) is 3. The Balaban J connectivity index is 1.47. The molecule has 0 atom stereocenters. The zero-order valence-corrected chi connectivity index (χ0v) is 22.6. The summed E-state index contributed by atoms with van der Waals surface area (Å²) in [6.45, 7) is 5.16. The van der Waals surface area contributed by atoms with Crippen LogP contribution >= 0.6 is 23.4 Å². The molecule has 0 spiro atoms. The number of ether oxygens (including phenoxy) is 1. The van der Waals surface area contributed by atoms with Crippen molar-refractivity contribution in [1.29, 1.82) is 0 Å². The number of esters is 1. The molecule has 0 radical (unpaired) electrons. The number of thioether (sulfide) groups is 1. The maximum atomic E-state index is 13.3. The molecule has 1 aliphatic rings. The molecule has 192 valence electrons. The molecule has 0 aliphatic carbocycles. The quantitative estimate of drug-likeness (QED) is 0.183. The van der Waals surface area contributed by atoms with Crippen LogP contribution in [0.5, 0.6) is 0 Å². The van der Waals surface area contributed by atoms with E-state index in [-0.39, 0.29) is 5.91 Å². The fourth-order valence-electron chi connectivity index (χ4n) is 4.35. The SMILES string of the molecule is CCOC(=O)c1cccc(N=C2SC(=Cc3cn(Cc4ccc(Cl)cc4)c4ccccc34)C(=O)N2CC)c1. The van der Waals surface area contributed by atoms with Gasteiger partial charge in [0.25, 0.3) is 5.91 Å². The molecule has 0 N–H and O–H groups in total. The number of carbonyl (C=O) groups excluding carboxylic acids is 2. The Morgan fingerprint density at radius 3 is 2.61 bits per heavy atom. The number of amidine groups is 1. The Morgan fingerprint density at radius 2 is 1.84 bits per heavy atom. The Labute approximate surface area is 230 Å². The molecule has 5 rings (SSSR count). The average molecular weight is 544 g/mol. The van der Waals surface area contributed by atoms with E-state index in [0.29, 0.717) is 46.0 Å². The zero-order chi connectivity index (χ0) is 26.6. The molecule has 38 heavy (non-hydrogen) atoms.